The van der Waals surface area contributed by atoms with Crippen molar-refractivity contribution in [3.63, 3.8) is 0 Å². The second-order valence-corrected chi connectivity index (χ2v) is 12.6. The fourth-order valence-electron chi connectivity index (χ4n) is 5.89. The molecule has 186 valence electrons. The number of carbonyl (C=O) groups excluding carboxylic acids is 2. The lowest BCUT2D eigenvalue weighted by Gasteiger charge is -2.44. The quantitative estimate of drug-likeness (QED) is 0.246. The van der Waals surface area contributed by atoms with Crippen LogP contribution in [0.4, 0.5) is 0 Å². The summed E-state index contributed by atoms with van der Waals surface area (Å²) in [5.74, 6) is 1.83. The van der Waals surface area contributed by atoms with Gasteiger partial charge in [-0.15, -0.1) is 0 Å². The summed E-state index contributed by atoms with van der Waals surface area (Å²) in [7, 11) is -3.53. The van der Waals surface area contributed by atoms with Gasteiger partial charge in [-0.1, -0.05) is 47.5 Å². The van der Waals surface area contributed by atoms with E-state index in [4.69, 9.17) is 13.8 Å². The van der Waals surface area contributed by atoms with Crippen molar-refractivity contribution in [3.8, 4) is 0 Å². The maximum absolute atomic E-state index is 13.3. The summed E-state index contributed by atoms with van der Waals surface area (Å²) in [5, 5.41) is 0. The number of fused-ring (bicyclic) bond motifs is 1. The third-order valence-corrected chi connectivity index (χ3v) is 10.1. The molecule has 0 N–H and O–H groups in total. The number of ketones is 1. The van der Waals surface area contributed by atoms with Crippen molar-refractivity contribution < 1.29 is 27.9 Å². The Morgan fingerprint density at radius 1 is 1.06 bits per heavy atom. The Hall–Kier alpha value is -0.710. The molecule has 7 heteroatoms. The first-order valence-corrected chi connectivity index (χ1v) is 14.3. The van der Waals surface area contributed by atoms with Gasteiger partial charge in [0.1, 0.15) is 6.16 Å². The van der Waals surface area contributed by atoms with Crippen LogP contribution in [0.3, 0.4) is 0 Å². The minimum atomic E-state index is -3.53. The molecule has 2 aliphatic carbocycles. The molecule has 6 nitrogen and oxygen atoms in total. The molecular weight excluding hydrogens is 427 g/mol. The van der Waals surface area contributed by atoms with Crippen LogP contribution in [-0.4, -0.2) is 37.2 Å². The molecule has 0 aromatic rings. The monoisotopic (exact) mass is 472 g/mol. The summed E-state index contributed by atoms with van der Waals surface area (Å²) in [6.07, 6.45) is 4.58. The minimum absolute atomic E-state index is 0.0214. The minimum Gasteiger partial charge on any atom is -0.454 e. The predicted octanol–water partition coefficient (Wildman–Crippen LogP) is 6.27. The van der Waals surface area contributed by atoms with E-state index < -0.39 is 25.8 Å². The number of rotatable bonds is 12. The van der Waals surface area contributed by atoms with Crippen molar-refractivity contribution in [2.45, 2.75) is 93.1 Å². The Bertz CT molecular complexity index is 682. The summed E-state index contributed by atoms with van der Waals surface area (Å²) in [6, 6.07) is 0. The number of Topliss-reactive ketones (excluding diaryl/α,β-unsaturated/α-hetero) is 1. The highest BCUT2D eigenvalue weighted by atomic mass is 31.2. The Morgan fingerprint density at radius 2 is 1.69 bits per heavy atom. The fourth-order valence-corrected chi connectivity index (χ4v) is 7.32. The lowest BCUT2D eigenvalue weighted by molar-refractivity contribution is -0.160. The number of hydrogen-bond acceptors (Lipinski definition) is 6. The zero-order chi connectivity index (χ0) is 24.1. The third-order valence-electron chi connectivity index (χ3n) is 8.17. The van der Waals surface area contributed by atoms with Gasteiger partial charge in [-0.2, -0.15) is 0 Å². The first kappa shape index (κ1) is 27.5. The van der Waals surface area contributed by atoms with E-state index >= 15 is 0 Å². The maximum atomic E-state index is 13.3. The van der Waals surface area contributed by atoms with Crippen LogP contribution in [0.2, 0.25) is 0 Å². The zero-order valence-electron chi connectivity index (χ0n) is 21.2. The van der Waals surface area contributed by atoms with Gasteiger partial charge in [-0.05, 0) is 68.6 Å². The molecular formula is C25H45O6P. The van der Waals surface area contributed by atoms with Crippen LogP contribution < -0.4 is 0 Å². The van der Waals surface area contributed by atoms with Crippen LogP contribution in [0.5, 0.6) is 0 Å². The normalized spacial score (nSPS) is 30.2. The molecule has 0 spiro atoms. The number of carbonyl (C=O) groups is 2. The molecule has 0 aromatic heterocycles. The van der Waals surface area contributed by atoms with Gasteiger partial charge in [0.05, 0.1) is 13.2 Å². The molecule has 0 unspecified atom stereocenters. The van der Waals surface area contributed by atoms with Gasteiger partial charge in [0.15, 0.2) is 11.9 Å². The van der Waals surface area contributed by atoms with E-state index in [0.29, 0.717) is 30.1 Å². The molecule has 2 rings (SSSR count). The molecule has 32 heavy (non-hydrogen) atoms. The summed E-state index contributed by atoms with van der Waals surface area (Å²) in [5.41, 5.74) is -0.0214. The Labute approximate surface area is 195 Å². The van der Waals surface area contributed by atoms with E-state index in [-0.39, 0.29) is 30.3 Å². The summed E-state index contributed by atoms with van der Waals surface area (Å²) in [4.78, 5) is 25.7. The topological polar surface area (TPSA) is 78.9 Å². The van der Waals surface area contributed by atoms with Gasteiger partial charge in [0, 0.05) is 5.92 Å². The van der Waals surface area contributed by atoms with Gasteiger partial charge in [-0.25, -0.2) is 0 Å². The highest BCUT2D eigenvalue weighted by Gasteiger charge is 2.55. The second-order valence-electron chi connectivity index (χ2n) is 10.5. The molecule has 6 atom stereocenters. The molecule has 0 bridgehead atoms. The van der Waals surface area contributed by atoms with Crippen molar-refractivity contribution in [2.75, 3.05) is 19.4 Å². The predicted molar refractivity (Wildman–Crippen MR) is 127 cm³/mol. The Kier molecular flexibility index (Phi) is 10.00. The molecule has 2 fully saturated rings. The van der Waals surface area contributed by atoms with Crippen LogP contribution >= 0.6 is 7.60 Å². The SMILES string of the molecule is CCOP(=O)(CC(=O)O[C@@H]1CC[C@]2(C)[C@@H]([C@H](C)CC[C@H](C)C(C)C)CC[C@H]2C1=O)OCC. The van der Waals surface area contributed by atoms with Crippen LogP contribution in [0.25, 0.3) is 0 Å². The molecule has 0 saturated heterocycles. The third kappa shape index (κ3) is 6.45. The van der Waals surface area contributed by atoms with Crippen molar-refractivity contribution in [3.05, 3.63) is 0 Å². The van der Waals surface area contributed by atoms with Gasteiger partial charge >= 0.3 is 13.6 Å². The summed E-state index contributed by atoms with van der Waals surface area (Å²) >= 11 is 0. The molecule has 0 aromatic carbocycles. The number of esters is 1. The van der Waals surface area contributed by atoms with E-state index in [9.17, 15) is 14.2 Å². The average Bonchev–Trinajstić information content (AvgIpc) is 3.06. The second kappa shape index (κ2) is 11.6. The van der Waals surface area contributed by atoms with Crippen LogP contribution in [0.1, 0.15) is 87.0 Å². The zero-order valence-corrected chi connectivity index (χ0v) is 22.1. The van der Waals surface area contributed by atoms with Crippen molar-refractivity contribution in [1.29, 1.82) is 0 Å². The van der Waals surface area contributed by atoms with Crippen molar-refractivity contribution in [1.82, 2.24) is 0 Å². The first-order chi connectivity index (χ1) is 15.0. The molecule has 2 saturated carbocycles. The Morgan fingerprint density at radius 3 is 2.25 bits per heavy atom. The van der Waals surface area contributed by atoms with E-state index in [1.165, 1.54) is 12.8 Å². The highest BCUT2D eigenvalue weighted by Crippen LogP contribution is 2.57. The molecule has 0 radical (unpaired) electrons. The van der Waals surface area contributed by atoms with Gasteiger partial charge < -0.3 is 13.8 Å². The molecule has 0 amide bonds. The summed E-state index contributed by atoms with van der Waals surface area (Å²) in [6.45, 7) is 15.3. The van der Waals surface area contributed by atoms with Crippen LogP contribution in [0, 0.1) is 35.0 Å². The molecule has 0 heterocycles. The highest BCUT2D eigenvalue weighted by molar-refractivity contribution is 7.54. The van der Waals surface area contributed by atoms with Crippen molar-refractivity contribution in [2.24, 2.45) is 35.0 Å². The van der Waals surface area contributed by atoms with E-state index in [1.807, 2.05) is 0 Å². The average molecular weight is 473 g/mol. The lowest BCUT2D eigenvalue weighted by atomic mass is 9.61. The Balaban J connectivity index is 1.98. The standard InChI is InChI=1S/C25H45O6P/c1-8-29-32(28,30-9-2)16-23(26)31-22-14-15-25(7)20(12-13-21(25)24(22)27)19(6)11-10-18(5)17(3)4/h17-22H,8-16H2,1-7H3/t18-,19+,20+,21-,22+,25+/m0/s1. The maximum Gasteiger partial charge on any atom is 0.341 e. The van der Waals surface area contributed by atoms with E-state index in [0.717, 1.165) is 19.3 Å². The largest absolute Gasteiger partial charge is 0.454 e. The van der Waals surface area contributed by atoms with E-state index in [2.05, 4.69) is 34.6 Å². The van der Waals surface area contributed by atoms with Crippen molar-refractivity contribution >= 4 is 19.3 Å². The van der Waals surface area contributed by atoms with Gasteiger partial charge in [-0.3, -0.25) is 14.2 Å². The number of hydrogen-bond donors (Lipinski definition) is 0. The molecule has 0 aliphatic heterocycles. The smallest absolute Gasteiger partial charge is 0.341 e. The van der Waals surface area contributed by atoms with Crippen LogP contribution in [0.15, 0.2) is 0 Å². The number of ether oxygens (including phenoxy) is 1. The van der Waals surface area contributed by atoms with Gasteiger partial charge in [0.2, 0.25) is 0 Å². The molecule has 2 aliphatic rings. The fraction of sp³-hybridized carbons (Fsp3) is 0.920. The lowest BCUT2D eigenvalue weighted by Crippen LogP contribution is -2.47. The summed E-state index contributed by atoms with van der Waals surface area (Å²) < 4.78 is 28.5. The van der Waals surface area contributed by atoms with Gasteiger partial charge in [0.25, 0.3) is 0 Å². The first-order valence-electron chi connectivity index (χ1n) is 12.6. The van der Waals surface area contributed by atoms with E-state index in [1.54, 1.807) is 13.8 Å². The van der Waals surface area contributed by atoms with Crippen LogP contribution in [-0.2, 0) is 27.9 Å².